The highest BCUT2D eigenvalue weighted by atomic mass is 14.6. The molecule has 0 aliphatic carbocycles. The third-order valence-corrected chi connectivity index (χ3v) is 1.17. The number of nitrogen functional groups attached to an aromatic ring is 1. The van der Waals surface area contributed by atoms with Gasteiger partial charge in [-0.3, -0.25) is 0 Å². The van der Waals surface area contributed by atoms with Crippen molar-refractivity contribution in [2.45, 2.75) is 0 Å². The first-order chi connectivity index (χ1) is 4.74. The van der Waals surface area contributed by atoms with Crippen LogP contribution in [0.3, 0.4) is 0 Å². The van der Waals surface area contributed by atoms with Gasteiger partial charge in [-0.1, -0.05) is 0 Å². The molecule has 0 unspecified atom stereocenters. The molecule has 3 N–H and O–H groups in total. The molecule has 0 aromatic heterocycles. The van der Waals surface area contributed by atoms with E-state index in [1.54, 1.807) is 12.1 Å². The molecular formula is C7H6N3. The van der Waals surface area contributed by atoms with Gasteiger partial charge in [0.25, 0.3) is 0 Å². The van der Waals surface area contributed by atoms with Crippen molar-refractivity contribution in [1.82, 2.24) is 5.73 Å². The van der Waals surface area contributed by atoms with Gasteiger partial charge in [-0.15, -0.1) is 0 Å². The Kier molecular flexibility index (Phi) is 1.46. The van der Waals surface area contributed by atoms with E-state index < -0.39 is 0 Å². The van der Waals surface area contributed by atoms with E-state index in [-0.39, 0.29) is 0 Å². The van der Waals surface area contributed by atoms with E-state index in [0.717, 1.165) is 0 Å². The first-order valence-electron chi connectivity index (χ1n) is 2.75. The smallest absolute Gasteiger partial charge is 0.101 e. The Balaban J connectivity index is 3.25. The van der Waals surface area contributed by atoms with Gasteiger partial charge < -0.3 is 11.5 Å². The molecule has 0 heterocycles. The van der Waals surface area contributed by atoms with E-state index in [9.17, 15) is 0 Å². The maximum atomic E-state index is 8.43. The van der Waals surface area contributed by atoms with Crippen LogP contribution in [0.25, 0.3) is 0 Å². The van der Waals surface area contributed by atoms with E-state index in [4.69, 9.17) is 16.7 Å². The van der Waals surface area contributed by atoms with Gasteiger partial charge in [-0.2, -0.15) is 5.26 Å². The summed E-state index contributed by atoms with van der Waals surface area (Å²) in [5.74, 6) is 0. The van der Waals surface area contributed by atoms with Crippen LogP contribution >= 0.6 is 0 Å². The molecule has 0 spiro atoms. The first kappa shape index (κ1) is 6.43. The topological polar surface area (TPSA) is 73.6 Å². The van der Waals surface area contributed by atoms with Crippen LogP contribution in [-0.2, 0) is 0 Å². The standard InChI is InChI=1S/C7H6N3/c8-4-5-3-6(9)1-2-7(5)10/h1-3,9H,10H2. The summed E-state index contributed by atoms with van der Waals surface area (Å²) in [5, 5.41) is 8.43. The van der Waals surface area contributed by atoms with Crippen molar-refractivity contribution in [3.8, 4) is 6.07 Å². The van der Waals surface area contributed by atoms with Gasteiger partial charge in [0.05, 0.1) is 11.3 Å². The van der Waals surface area contributed by atoms with Crippen LogP contribution in [0.5, 0.6) is 0 Å². The highest BCUT2D eigenvalue weighted by Gasteiger charge is 1.95. The van der Waals surface area contributed by atoms with E-state index in [2.05, 4.69) is 0 Å². The Morgan fingerprint density at radius 1 is 1.50 bits per heavy atom. The second-order valence-corrected chi connectivity index (χ2v) is 1.91. The molecule has 1 aromatic carbocycles. The third kappa shape index (κ3) is 1.00. The Morgan fingerprint density at radius 3 is 2.70 bits per heavy atom. The Bertz CT molecular complexity index is 285. The average Bonchev–Trinajstić information content (AvgIpc) is 1.94. The van der Waals surface area contributed by atoms with Crippen molar-refractivity contribution in [3.05, 3.63) is 23.8 Å². The summed E-state index contributed by atoms with van der Waals surface area (Å²) in [5.41, 5.74) is 13.6. The molecule has 49 valence electrons. The van der Waals surface area contributed by atoms with Crippen molar-refractivity contribution in [1.29, 1.82) is 5.26 Å². The van der Waals surface area contributed by atoms with Crippen LogP contribution in [0, 0.1) is 11.3 Å². The fraction of sp³-hybridized carbons (Fsp3) is 0. The second-order valence-electron chi connectivity index (χ2n) is 1.91. The molecule has 0 aliphatic rings. The van der Waals surface area contributed by atoms with Gasteiger partial charge in [-0.25, -0.2) is 0 Å². The molecule has 1 rings (SSSR count). The lowest BCUT2D eigenvalue weighted by Gasteiger charge is -1.95. The van der Waals surface area contributed by atoms with Crippen LogP contribution in [0.1, 0.15) is 5.56 Å². The van der Waals surface area contributed by atoms with Crippen LogP contribution < -0.4 is 11.5 Å². The maximum Gasteiger partial charge on any atom is 0.101 e. The minimum absolute atomic E-state index is 0.311. The second kappa shape index (κ2) is 2.28. The quantitative estimate of drug-likeness (QED) is 0.536. The zero-order valence-corrected chi connectivity index (χ0v) is 5.26. The molecule has 0 bridgehead atoms. The fourth-order valence-corrected chi connectivity index (χ4v) is 0.653. The highest BCUT2D eigenvalue weighted by Crippen LogP contribution is 2.14. The number of nitrogens with zero attached hydrogens (tertiary/aromatic N) is 1. The minimum atomic E-state index is 0.311. The molecule has 3 heteroatoms. The van der Waals surface area contributed by atoms with Gasteiger partial charge >= 0.3 is 0 Å². The number of hydrogen-bond donors (Lipinski definition) is 1. The monoisotopic (exact) mass is 132 g/mol. The summed E-state index contributed by atoms with van der Waals surface area (Å²) in [7, 11) is 0. The number of rotatable bonds is 0. The number of nitriles is 1. The van der Waals surface area contributed by atoms with Crippen molar-refractivity contribution < 1.29 is 0 Å². The van der Waals surface area contributed by atoms with E-state index in [1.165, 1.54) is 6.07 Å². The zero-order chi connectivity index (χ0) is 7.56. The van der Waals surface area contributed by atoms with Crippen LogP contribution in [0.15, 0.2) is 18.2 Å². The van der Waals surface area contributed by atoms with E-state index >= 15 is 0 Å². The van der Waals surface area contributed by atoms with Gasteiger partial charge in [0, 0.05) is 5.69 Å². The van der Waals surface area contributed by atoms with Gasteiger partial charge in [0.2, 0.25) is 0 Å². The first-order valence-corrected chi connectivity index (χ1v) is 2.75. The highest BCUT2D eigenvalue weighted by molar-refractivity contribution is 5.59. The SMILES string of the molecule is N#Cc1cc([NH])ccc1N. The van der Waals surface area contributed by atoms with E-state index in [0.29, 0.717) is 16.9 Å². The van der Waals surface area contributed by atoms with Crippen molar-refractivity contribution >= 4 is 11.4 Å². The van der Waals surface area contributed by atoms with E-state index in [1.807, 2.05) is 6.07 Å². The van der Waals surface area contributed by atoms with Gasteiger partial charge in [-0.05, 0) is 18.2 Å². The number of nitrogens with two attached hydrogens (primary N) is 1. The Hall–Kier alpha value is -1.69. The van der Waals surface area contributed by atoms with Crippen molar-refractivity contribution in [2.75, 3.05) is 5.73 Å². The zero-order valence-electron chi connectivity index (χ0n) is 5.26. The third-order valence-electron chi connectivity index (χ3n) is 1.17. The maximum absolute atomic E-state index is 8.43. The lowest BCUT2D eigenvalue weighted by Crippen LogP contribution is -1.88. The van der Waals surface area contributed by atoms with Crippen molar-refractivity contribution in [3.63, 3.8) is 0 Å². The van der Waals surface area contributed by atoms with Gasteiger partial charge in [0.1, 0.15) is 6.07 Å². The Labute approximate surface area is 58.9 Å². The summed E-state index contributed by atoms with van der Waals surface area (Å²) < 4.78 is 0. The molecule has 0 atom stereocenters. The lowest BCUT2D eigenvalue weighted by atomic mass is 10.2. The number of benzene rings is 1. The molecular weight excluding hydrogens is 126 g/mol. The number of hydrogen-bond acceptors (Lipinski definition) is 2. The fourth-order valence-electron chi connectivity index (χ4n) is 0.653. The summed E-state index contributed by atoms with van der Waals surface area (Å²) in [6.45, 7) is 0. The molecule has 3 nitrogen and oxygen atoms in total. The molecule has 0 amide bonds. The van der Waals surface area contributed by atoms with Crippen LogP contribution in [0.4, 0.5) is 11.4 Å². The minimum Gasteiger partial charge on any atom is -0.398 e. The average molecular weight is 132 g/mol. The van der Waals surface area contributed by atoms with Crippen molar-refractivity contribution in [2.24, 2.45) is 0 Å². The molecule has 0 fully saturated rings. The van der Waals surface area contributed by atoms with Crippen LogP contribution in [-0.4, -0.2) is 0 Å². The molecule has 1 aromatic rings. The van der Waals surface area contributed by atoms with Gasteiger partial charge in [0.15, 0.2) is 0 Å². The molecule has 0 saturated carbocycles. The predicted octanol–water partition coefficient (Wildman–Crippen LogP) is 1.05. The predicted molar refractivity (Wildman–Crippen MR) is 38.3 cm³/mol. The summed E-state index contributed by atoms with van der Waals surface area (Å²) >= 11 is 0. The summed E-state index contributed by atoms with van der Waals surface area (Å²) in [6, 6.07) is 6.44. The largest absolute Gasteiger partial charge is 0.398 e. The summed E-state index contributed by atoms with van der Waals surface area (Å²) in [4.78, 5) is 0. The van der Waals surface area contributed by atoms with Crippen LogP contribution in [0.2, 0.25) is 0 Å². The lowest BCUT2D eigenvalue weighted by molar-refractivity contribution is 1.44. The summed E-state index contributed by atoms with van der Waals surface area (Å²) in [6.07, 6.45) is 0. The Morgan fingerprint density at radius 2 is 2.20 bits per heavy atom. The molecule has 1 radical (unpaired) electrons. The molecule has 0 aliphatic heterocycles. The normalized spacial score (nSPS) is 8.70. The number of nitrogens with one attached hydrogen (secondary N) is 1. The number of anilines is 1. The molecule has 10 heavy (non-hydrogen) atoms. The molecule has 0 saturated heterocycles.